The van der Waals surface area contributed by atoms with Crippen molar-refractivity contribution in [3.63, 3.8) is 0 Å². The van der Waals surface area contributed by atoms with E-state index in [1.165, 1.54) is 0 Å². The van der Waals surface area contributed by atoms with Gasteiger partial charge in [0.2, 0.25) is 0 Å². The van der Waals surface area contributed by atoms with Crippen LogP contribution in [-0.4, -0.2) is 38.9 Å². The zero-order valence-electron chi connectivity index (χ0n) is 9.86. The number of carboxylic acids is 1. The number of halogens is 1. The number of thiazole rings is 1. The SMILES string of the molecule is O=C(O)C1CN(c2ncc(Cn3cc(Br)cn3)s2)C1. The van der Waals surface area contributed by atoms with Gasteiger partial charge < -0.3 is 10.0 Å². The molecule has 1 aliphatic heterocycles. The van der Waals surface area contributed by atoms with Crippen LogP contribution < -0.4 is 4.90 Å². The Kier molecular flexibility index (Phi) is 3.28. The lowest BCUT2D eigenvalue weighted by molar-refractivity contribution is -0.142. The zero-order chi connectivity index (χ0) is 13.4. The van der Waals surface area contributed by atoms with Gasteiger partial charge in [-0.05, 0) is 15.9 Å². The van der Waals surface area contributed by atoms with E-state index in [1.54, 1.807) is 17.5 Å². The minimum atomic E-state index is -0.727. The summed E-state index contributed by atoms with van der Waals surface area (Å²) < 4.78 is 2.78. The molecule has 0 spiro atoms. The van der Waals surface area contributed by atoms with Gasteiger partial charge in [-0.25, -0.2) is 4.98 Å². The largest absolute Gasteiger partial charge is 0.481 e. The van der Waals surface area contributed by atoms with Gasteiger partial charge in [-0.1, -0.05) is 11.3 Å². The van der Waals surface area contributed by atoms with Gasteiger partial charge in [-0.15, -0.1) is 0 Å². The quantitative estimate of drug-likeness (QED) is 0.915. The molecule has 0 atom stereocenters. The molecular weight excluding hydrogens is 332 g/mol. The molecule has 6 nitrogen and oxygen atoms in total. The lowest BCUT2D eigenvalue weighted by atomic mass is 10.0. The number of nitrogens with zero attached hydrogens (tertiary/aromatic N) is 4. The molecule has 100 valence electrons. The van der Waals surface area contributed by atoms with Gasteiger partial charge in [0.1, 0.15) is 0 Å². The molecule has 0 radical (unpaired) electrons. The van der Waals surface area contributed by atoms with Crippen molar-refractivity contribution in [2.24, 2.45) is 5.92 Å². The number of rotatable bonds is 4. The number of hydrogen-bond acceptors (Lipinski definition) is 5. The van der Waals surface area contributed by atoms with E-state index in [4.69, 9.17) is 5.11 Å². The lowest BCUT2D eigenvalue weighted by Gasteiger charge is -2.36. The van der Waals surface area contributed by atoms with Crippen molar-refractivity contribution in [2.45, 2.75) is 6.54 Å². The molecule has 19 heavy (non-hydrogen) atoms. The standard InChI is InChI=1S/C11H11BrN4O2S/c12-8-1-14-16(5-8)6-9-2-13-11(19-9)15-3-7(4-15)10(17)18/h1-2,5,7H,3-4,6H2,(H,17,18). The Balaban J connectivity index is 1.63. The van der Waals surface area contributed by atoms with E-state index in [1.807, 2.05) is 22.0 Å². The number of carbonyl (C=O) groups is 1. The molecule has 1 saturated heterocycles. The van der Waals surface area contributed by atoms with E-state index >= 15 is 0 Å². The van der Waals surface area contributed by atoms with Gasteiger partial charge in [-0.3, -0.25) is 9.48 Å². The van der Waals surface area contributed by atoms with Crippen LogP contribution in [0.5, 0.6) is 0 Å². The van der Waals surface area contributed by atoms with Crippen molar-refractivity contribution < 1.29 is 9.90 Å². The van der Waals surface area contributed by atoms with Crippen molar-refractivity contribution in [3.05, 3.63) is 27.9 Å². The van der Waals surface area contributed by atoms with Crippen LogP contribution in [0.3, 0.4) is 0 Å². The first kappa shape index (κ1) is 12.6. The minimum Gasteiger partial charge on any atom is -0.481 e. The summed E-state index contributed by atoms with van der Waals surface area (Å²) in [4.78, 5) is 18.2. The smallest absolute Gasteiger partial charge is 0.310 e. The zero-order valence-corrected chi connectivity index (χ0v) is 12.3. The Morgan fingerprint density at radius 1 is 1.53 bits per heavy atom. The third-order valence-corrected chi connectivity index (χ3v) is 4.41. The van der Waals surface area contributed by atoms with Gasteiger partial charge in [0.25, 0.3) is 0 Å². The number of aliphatic carboxylic acids is 1. The van der Waals surface area contributed by atoms with Crippen LogP contribution in [0.2, 0.25) is 0 Å². The van der Waals surface area contributed by atoms with Gasteiger partial charge in [-0.2, -0.15) is 5.10 Å². The van der Waals surface area contributed by atoms with Crippen LogP contribution in [0.4, 0.5) is 5.13 Å². The molecule has 0 aliphatic carbocycles. The number of hydrogen-bond donors (Lipinski definition) is 1. The second-order valence-electron chi connectivity index (χ2n) is 4.41. The Bertz CT molecular complexity index is 605. The van der Waals surface area contributed by atoms with Gasteiger partial charge in [0.05, 0.1) is 23.1 Å². The highest BCUT2D eigenvalue weighted by Crippen LogP contribution is 2.29. The lowest BCUT2D eigenvalue weighted by Crippen LogP contribution is -2.50. The average molecular weight is 343 g/mol. The molecule has 8 heteroatoms. The predicted molar refractivity (Wildman–Crippen MR) is 74.5 cm³/mol. The molecule has 0 saturated carbocycles. The van der Waals surface area contributed by atoms with Crippen molar-refractivity contribution in [3.8, 4) is 0 Å². The number of anilines is 1. The van der Waals surface area contributed by atoms with Gasteiger partial charge in [0.15, 0.2) is 5.13 Å². The van der Waals surface area contributed by atoms with Crippen LogP contribution in [0.15, 0.2) is 23.1 Å². The number of aromatic nitrogens is 3. The highest BCUT2D eigenvalue weighted by molar-refractivity contribution is 9.10. The van der Waals surface area contributed by atoms with Crippen molar-refractivity contribution in [2.75, 3.05) is 18.0 Å². The second kappa shape index (κ2) is 4.93. The van der Waals surface area contributed by atoms with Crippen molar-refractivity contribution >= 4 is 38.4 Å². The molecule has 3 rings (SSSR count). The Morgan fingerprint density at radius 3 is 2.95 bits per heavy atom. The molecule has 1 N–H and O–H groups in total. The van der Waals surface area contributed by atoms with Crippen LogP contribution >= 0.6 is 27.3 Å². The summed E-state index contributed by atoms with van der Waals surface area (Å²) in [5.41, 5.74) is 0. The summed E-state index contributed by atoms with van der Waals surface area (Å²) in [6.45, 7) is 1.78. The summed E-state index contributed by atoms with van der Waals surface area (Å²) in [5, 5.41) is 13.9. The van der Waals surface area contributed by atoms with Crippen LogP contribution in [0.1, 0.15) is 4.88 Å². The summed E-state index contributed by atoms with van der Waals surface area (Å²) in [6.07, 6.45) is 5.47. The molecule has 1 aliphatic rings. The van der Waals surface area contributed by atoms with E-state index in [0.717, 1.165) is 14.5 Å². The third-order valence-electron chi connectivity index (χ3n) is 2.96. The maximum Gasteiger partial charge on any atom is 0.310 e. The van der Waals surface area contributed by atoms with Crippen LogP contribution in [0.25, 0.3) is 0 Å². The topological polar surface area (TPSA) is 71.2 Å². The van der Waals surface area contributed by atoms with Gasteiger partial charge in [0, 0.05) is 30.4 Å². The van der Waals surface area contributed by atoms with Crippen molar-refractivity contribution in [1.82, 2.24) is 14.8 Å². The minimum absolute atomic E-state index is 0.255. The molecule has 0 unspecified atom stereocenters. The molecule has 2 aromatic rings. The van der Waals surface area contributed by atoms with Crippen molar-refractivity contribution in [1.29, 1.82) is 0 Å². The fourth-order valence-electron chi connectivity index (χ4n) is 1.89. The van der Waals surface area contributed by atoms with E-state index in [2.05, 4.69) is 26.0 Å². The molecule has 0 aromatic carbocycles. The summed E-state index contributed by atoms with van der Waals surface area (Å²) in [5.74, 6) is -0.983. The maximum absolute atomic E-state index is 10.7. The highest BCUT2D eigenvalue weighted by Gasteiger charge is 2.34. The molecular formula is C11H11BrN4O2S. The summed E-state index contributed by atoms with van der Waals surface area (Å²) >= 11 is 4.94. The summed E-state index contributed by atoms with van der Waals surface area (Å²) in [7, 11) is 0. The van der Waals surface area contributed by atoms with E-state index < -0.39 is 5.97 Å². The fraction of sp³-hybridized carbons (Fsp3) is 0.364. The van der Waals surface area contributed by atoms with E-state index in [0.29, 0.717) is 19.6 Å². The Labute approximate surface area is 121 Å². The van der Waals surface area contributed by atoms with Crippen LogP contribution in [-0.2, 0) is 11.3 Å². The highest BCUT2D eigenvalue weighted by atomic mass is 79.9. The van der Waals surface area contributed by atoms with Crippen LogP contribution in [0, 0.1) is 5.92 Å². The first-order valence-electron chi connectivity index (χ1n) is 5.72. The second-order valence-corrected chi connectivity index (χ2v) is 6.41. The monoisotopic (exact) mass is 342 g/mol. The molecule has 3 heterocycles. The Hall–Kier alpha value is -1.41. The first-order valence-corrected chi connectivity index (χ1v) is 7.33. The Morgan fingerprint density at radius 2 is 2.32 bits per heavy atom. The predicted octanol–water partition coefficient (Wildman–Crippen LogP) is 1.67. The molecule has 2 aromatic heterocycles. The average Bonchev–Trinajstić information content (AvgIpc) is 2.86. The van der Waals surface area contributed by atoms with E-state index in [9.17, 15) is 4.79 Å². The molecule has 0 amide bonds. The maximum atomic E-state index is 10.7. The fourth-order valence-corrected chi connectivity index (χ4v) is 3.14. The third kappa shape index (κ3) is 2.64. The van der Waals surface area contributed by atoms with E-state index in [-0.39, 0.29) is 5.92 Å². The first-order chi connectivity index (χ1) is 9.11. The van der Waals surface area contributed by atoms with Gasteiger partial charge >= 0.3 is 5.97 Å². The normalized spacial score (nSPS) is 15.5. The summed E-state index contributed by atoms with van der Waals surface area (Å²) in [6, 6.07) is 0. The molecule has 0 bridgehead atoms. The number of carboxylic acid groups (broad SMARTS) is 1. The molecule has 1 fully saturated rings.